The summed E-state index contributed by atoms with van der Waals surface area (Å²) in [6, 6.07) is 0. The van der Waals surface area contributed by atoms with Gasteiger partial charge in [0.05, 0.1) is 6.61 Å². The molecule has 0 saturated carbocycles. The zero-order valence-corrected chi connectivity index (χ0v) is 6.78. The Morgan fingerprint density at radius 1 is 1.31 bits per heavy atom. The van der Waals surface area contributed by atoms with Gasteiger partial charge in [-0.25, -0.2) is 5.90 Å². The van der Waals surface area contributed by atoms with Crippen LogP contribution in [0.5, 0.6) is 0 Å². The average Bonchev–Trinajstić information content (AvgIpc) is 2.17. The van der Waals surface area contributed by atoms with Crippen LogP contribution in [0.3, 0.4) is 0 Å². The topological polar surface area (TPSA) is 133 Å². The summed E-state index contributed by atoms with van der Waals surface area (Å²) in [5.74, 6) is 4.62. The smallest absolute Gasteiger partial charge is 0.162 e. The van der Waals surface area contributed by atoms with E-state index in [1.165, 1.54) is 0 Å². The number of hydrogen-bond acceptors (Lipinski definition) is 7. The second-order valence-corrected chi connectivity index (χ2v) is 2.47. The Bertz CT molecular complexity index is 154. The molecule has 0 aliphatic rings. The molecule has 78 valence electrons. The Labute approximate surface area is 74.3 Å². The van der Waals surface area contributed by atoms with E-state index in [0.29, 0.717) is 0 Å². The molecule has 4 atom stereocenters. The molecule has 13 heavy (non-hydrogen) atoms. The maximum atomic E-state index is 10.2. The molecule has 0 fully saturated rings. The molecule has 0 bridgehead atoms. The van der Waals surface area contributed by atoms with Crippen LogP contribution in [0.25, 0.3) is 0 Å². The number of rotatable bonds is 6. The largest absolute Gasteiger partial charge is 0.394 e. The third kappa shape index (κ3) is 3.35. The molecule has 0 saturated heterocycles. The highest BCUT2D eigenvalue weighted by molar-refractivity contribution is 5.57. The van der Waals surface area contributed by atoms with Gasteiger partial charge in [0.15, 0.2) is 12.4 Å². The van der Waals surface area contributed by atoms with Crippen molar-refractivity contribution in [1.82, 2.24) is 0 Å². The van der Waals surface area contributed by atoms with Crippen LogP contribution in [0.1, 0.15) is 0 Å². The maximum absolute atomic E-state index is 10.2. The summed E-state index contributed by atoms with van der Waals surface area (Å²) in [6.07, 6.45) is -6.17. The molecular weight excluding hydrogens is 182 g/mol. The molecule has 6 N–H and O–H groups in total. The number of nitrogens with two attached hydrogens (primary N) is 1. The molecule has 0 amide bonds. The minimum Gasteiger partial charge on any atom is -0.394 e. The number of hydrogen-bond donors (Lipinski definition) is 5. The van der Waals surface area contributed by atoms with Gasteiger partial charge in [-0.15, -0.1) is 0 Å². The highest BCUT2D eigenvalue weighted by Gasteiger charge is 2.31. The Morgan fingerprint density at radius 3 is 2.15 bits per heavy atom. The lowest BCUT2D eigenvalue weighted by Gasteiger charge is -2.23. The van der Waals surface area contributed by atoms with Crippen molar-refractivity contribution < 1.29 is 30.1 Å². The first-order valence-electron chi connectivity index (χ1n) is 3.54. The van der Waals surface area contributed by atoms with E-state index in [2.05, 4.69) is 10.7 Å². The highest BCUT2D eigenvalue weighted by atomic mass is 16.6. The number of carbonyl (C=O) groups excluding carboxylic acids is 1. The molecule has 7 heteroatoms. The second-order valence-electron chi connectivity index (χ2n) is 2.47. The predicted molar refractivity (Wildman–Crippen MR) is 40.2 cm³/mol. The molecule has 0 unspecified atom stereocenters. The molecule has 0 aromatic carbocycles. The fraction of sp³-hybridized carbons (Fsp3) is 0.833. The maximum Gasteiger partial charge on any atom is 0.162 e. The molecule has 0 rings (SSSR count). The lowest BCUT2D eigenvalue weighted by molar-refractivity contribution is -0.146. The van der Waals surface area contributed by atoms with E-state index < -0.39 is 31.0 Å². The third-order valence-corrected chi connectivity index (χ3v) is 1.56. The summed E-state index contributed by atoms with van der Waals surface area (Å²) in [5, 5.41) is 35.5. The molecule has 0 heterocycles. The summed E-state index contributed by atoms with van der Waals surface area (Å²) in [5.41, 5.74) is 0. The zero-order valence-electron chi connectivity index (χ0n) is 6.78. The van der Waals surface area contributed by atoms with Crippen LogP contribution >= 0.6 is 0 Å². The molecule has 0 aliphatic carbocycles. The molecule has 7 nitrogen and oxygen atoms in total. The Morgan fingerprint density at radius 2 is 1.85 bits per heavy atom. The van der Waals surface area contributed by atoms with Crippen LogP contribution in [0.15, 0.2) is 0 Å². The minimum absolute atomic E-state index is 0.179. The van der Waals surface area contributed by atoms with Gasteiger partial charge in [-0.3, -0.25) is 4.84 Å². The van der Waals surface area contributed by atoms with Crippen molar-refractivity contribution in [2.75, 3.05) is 6.61 Å². The lowest BCUT2D eigenvalue weighted by Crippen LogP contribution is -2.48. The van der Waals surface area contributed by atoms with E-state index >= 15 is 0 Å². The van der Waals surface area contributed by atoms with Gasteiger partial charge >= 0.3 is 0 Å². The van der Waals surface area contributed by atoms with Crippen LogP contribution in [0.2, 0.25) is 0 Å². The van der Waals surface area contributed by atoms with Crippen LogP contribution < -0.4 is 5.90 Å². The van der Waals surface area contributed by atoms with E-state index in [0.717, 1.165) is 0 Å². The van der Waals surface area contributed by atoms with Gasteiger partial charge in [-0.05, 0) is 0 Å². The molecule has 0 spiro atoms. The van der Waals surface area contributed by atoms with Crippen molar-refractivity contribution in [3.63, 3.8) is 0 Å². The normalized spacial score (nSPS) is 20.4. The van der Waals surface area contributed by atoms with Gasteiger partial charge in [0.1, 0.15) is 18.3 Å². The second kappa shape index (κ2) is 5.97. The number of aliphatic hydroxyl groups is 4. The standard InChI is InChI=1S/C6H13NO6/c7-13-4(2-9)6(12)5(11)3(10)1-8/h2-6,8,10-12H,1,7H2/t3-,4+,5+,6-/m1/s1. The Hall–Kier alpha value is -0.570. The van der Waals surface area contributed by atoms with Gasteiger partial charge in [-0.1, -0.05) is 0 Å². The molecule has 0 aliphatic heterocycles. The van der Waals surface area contributed by atoms with Crippen LogP contribution in [-0.4, -0.2) is 57.7 Å². The van der Waals surface area contributed by atoms with Gasteiger partial charge in [0.25, 0.3) is 0 Å². The first-order valence-corrected chi connectivity index (χ1v) is 3.54. The van der Waals surface area contributed by atoms with Gasteiger partial charge in [-0.2, -0.15) is 0 Å². The number of carbonyl (C=O) groups is 1. The van der Waals surface area contributed by atoms with E-state index in [4.69, 9.17) is 20.4 Å². The highest BCUT2D eigenvalue weighted by Crippen LogP contribution is 2.04. The Kier molecular flexibility index (Phi) is 5.71. The fourth-order valence-corrected chi connectivity index (χ4v) is 0.723. The molecule has 0 aromatic rings. The van der Waals surface area contributed by atoms with Crippen LogP contribution in [0.4, 0.5) is 0 Å². The molecular formula is C6H13NO6. The zero-order chi connectivity index (χ0) is 10.4. The van der Waals surface area contributed by atoms with Gasteiger partial charge < -0.3 is 25.2 Å². The van der Waals surface area contributed by atoms with Crippen LogP contribution in [0, 0.1) is 0 Å². The number of aliphatic hydroxyl groups excluding tert-OH is 4. The molecule has 0 aromatic heterocycles. The summed E-state index contributed by atoms with van der Waals surface area (Å²) >= 11 is 0. The van der Waals surface area contributed by atoms with E-state index in [9.17, 15) is 4.79 Å². The number of aldehydes is 1. The van der Waals surface area contributed by atoms with Crippen LogP contribution in [-0.2, 0) is 9.63 Å². The van der Waals surface area contributed by atoms with Crippen molar-refractivity contribution in [3.05, 3.63) is 0 Å². The first-order chi connectivity index (χ1) is 6.08. The first kappa shape index (κ1) is 12.4. The third-order valence-electron chi connectivity index (χ3n) is 1.56. The van der Waals surface area contributed by atoms with E-state index in [1.807, 2.05) is 0 Å². The van der Waals surface area contributed by atoms with E-state index in [1.54, 1.807) is 0 Å². The van der Waals surface area contributed by atoms with Gasteiger partial charge in [0, 0.05) is 0 Å². The summed E-state index contributed by atoms with van der Waals surface area (Å²) < 4.78 is 0. The van der Waals surface area contributed by atoms with Crippen molar-refractivity contribution in [2.24, 2.45) is 5.90 Å². The summed E-state index contributed by atoms with van der Waals surface area (Å²) in [6.45, 7) is -0.742. The summed E-state index contributed by atoms with van der Waals surface area (Å²) in [4.78, 5) is 14.2. The molecule has 0 radical (unpaired) electrons. The van der Waals surface area contributed by atoms with Gasteiger partial charge in [0.2, 0.25) is 0 Å². The van der Waals surface area contributed by atoms with E-state index in [-0.39, 0.29) is 6.29 Å². The van der Waals surface area contributed by atoms with Crippen molar-refractivity contribution in [3.8, 4) is 0 Å². The monoisotopic (exact) mass is 195 g/mol. The van der Waals surface area contributed by atoms with Crippen molar-refractivity contribution >= 4 is 6.29 Å². The average molecular weight is 195 g/mol. The minimum atomic E-state index is -1.69. The fourth-order valence-electron chi connectivity index (χ4n) is 0.723. The quantitative estimate of drug-likeness (QED) is 0.219. The summed E-state index contributed by atoms with van der Waals surface area (Å²) in [7, 11) is 0. The Balaban J connectivity index is 4.21. The predicted octanol–water partition coefficient (Wildman–Crippen LogP) is -3.48. The van der Waals surface area contributed by atoms with Crippen molar-refractivity contribution in [1.29, 1.82) is 0 Å². The SMILES string of the molecule is NO[C@@H](C=O)[C@@H](O)[C@@H](O)[C@H](O)CO. The lowest BCUT2D eigenvalue weighted by atomic mass is 10.0. The van der Waals surface area contributed by atoms with Crippen molar-refractivity contribution in [2.45, 2.75) is 24.4 Å².